The lowest BCUT2D eigenvalue weighted by Crippen LogP contribution is -2.30. The second kappa shape index (κ2) is 5.67. The van der Waals surface area contributed by atoms with Gasteiger partial charge in [0.1, 0.15) is 5.82 Å². The monoisotopic (exact) mass is 235 g/mol. The van der Waals surface area contributed by atoms with Crippen LogP contribution in [-0.2, 0) is 13.5 Å². The first kappa shape index (κ1) is 12.6. The molecule has 1 heterocycles. The van der Waals surface area contributed by atoms with E-state index in [-0.39, 0.29) is 0 Å². The van der Waals surface area contributed by atoms with Crippen LogP contribution in [0.5, 0.6) is 0 Å². The number of hydrogen-bond acceptors (Lipinski definition) is 2. The number of imidazole rings is 1. The molecule has 1 aromatic heterocycles. The zero-order chi connectivity index (χ0) is 12.3. The third-order valence-corrected chi connectivity index (χ3v) is 4.36. The van der Waals surface area contributed by atoms with Crippen LogP contribution in [0.25, 0.3) is 0 Å². The minimum atomic E-state index is 0.742. The Kier molecular flexibility index (Phi) is 4.21. The molecule has 0 aromatic carbocycles. The molecular formula is C14H25N3. The summed E-state index contributed by atoms with van der Waals surface area (Å²) in [5.41, 5.74) is 5.90. The number of nitrogens with zero attached hydrogens (tertiary/aromatic N) is 2. The van der Waals surface area contributed by atoms with E-state index in [0.717, 1.165) is 30.7 Å². The second-order valence-electron chi connectivity index (χ2n) is 5.67. The van der Waals surface area contributed by atoms with Gasteiger partial charge < -0.3 is 10.3 Å². The Hall–Kier alpha value is -0.830. The fourth-order valence-corrected chi connectivity index (χ4v) is 3.18. The normalized spacial score (nSPS) is 29.5. The molecule has 3 atom stereocenters. The van der Waals surface area contributed by atoms with Gasteiger partial charge in [-0.25, -0.2) is 4.98 Å². The van der Waals surface area contributed by atoms with Gasteiger partial charge in [-0.15, -0.1) is 0 Å². The van der Waals surface area contributed by atoms with Crippen molar-refractivity contribution in [3.8, 4) is 0 Å². The van der Waals surface area contributed by atoms with Gasteiger partial charge in [-0.1, -0.05) is 13.3 Å². The molecule has 2 rings (SSSR count). The van der Waals surface area contributed by atoms with Gasteiger partial charge >= 0.3 is 0 Å². The van der Waals surface area contributed by atoms with Crippen LogP contribution in [0, 0.1) is 17.8 Å². The number of hydrogen-bond donors (Lipinski definition) is 1. The first-order valence-electron chi connectivity index (χ1n) is 6.87. The van der Waals surface area contributed by atoms with Crippen molar-refractivity contribution in [3.63, 3.8) is 0 Å². The van der Waals surface area contributed by atoms with E-state index in [0.29, 0.717) is 0 Å². The minimum absolute atomic E-state index is 0.742. The van der Waals surface area contributed by atoms with Gasteiger partial charge in [0.15, 0.2) is 0 Å². The third-order valence-electron chi connectivity index (χ3n) is 4.36. The van der Waals surface area contributed by atoms with Crippen LogP contribution in [0.2, 0.25) is 0 Å². The molecule has 0 saturated heterocycles. The van der Waals surface area contributed by atoms with E-state index in [1.807, 2.05) is 12.4 Å². The minimum Gasteiger partial charge on any atom is -0.338 e. The fourth-order valence-electron chi connectivity index (χ4n) is 3.18. The summed E-state index contributed by atoms with van der Waals surface area (Å²) in [5, 5.41) is 0. The van der Waals surface area contributed by atoms with Crippen molar-refractivity contribution in [2.75, 3.05) is 6.54 Å². The molecule has 3 nitrogen and oxygen atoms in total. The first-order chi connectivity index (χ1) is 8.20. The first-order valence-corrected chi connectivity index (χ1v) is 6.87. The molecule has 1 saturated carbocycles. The van der Waals surface area contributed by atoms with Crippen LogP contribution in [0.4, 0.5) is 0 Å². The molecular weight excluding hydrogens is 210 g/mol. The Morgan fingerprint density at radius 3 is 2.88 bits per heavy atom. The number of aromatic nitrogens is 2. The van der Waals surface area contributed by atoms with Crippen LogP contribution >= 0.6 is 0 Å². The summed E-state index contributed by atoms with van der Waals surface area (Å²) in [5.74, 6) is 3.63. The standard InChI is InChI=1S/C14H25N3/c1-11-3-4-13(10-15)12(9-11)5-6-14-16-7-8-17(14)2/h7-8,11-13H,3-6,9-10,15H2,1-2H3. The molecule has 0 radical (unpaired) electrons. The van der Waals surface area contributed by atoms with Crippen molar-refractivity contribution in [1.29, 1.82) is 0 Å². The predicted octanol–water partition coefficient (Wildman–Crippen LogP) is 2.36. The zero-order valence-corrected chi connectivity index (χ0v) is 11.1. The molecule has 96 valence electrons. The zero-order valence-electron chi connectivity index (χ0n) is 11.1. The van der Waals surface area contributed by atoms with Gasteiger partial charge in [-0.3, -0.25) is 0 Å². The van der Waals surface area contributed by atoms with Crippen molar-refractivity contribution >= 4 is 0 Å². The van der Waals surface area contributed by atoms with Gasteiger partial charge in [-0.2, -0.15) is 0 Å². The highest BCUT2D eigenvalue weighted by atomic mass is 15.0. The molecule has 1 aliphatic rings. The maximum Gasteiger partial charge on any atom is 0.108 e. The van der Waals surface area contributed by atoms with Crippen molar-refractivity contribution < 1.29 is 0 Å². The fraction of sp³-hybridized carbons (Fsp3) is 0.786. The highest BCUT2D eigenvalue weighted by Gasteiger charge is 2.27. The smallest absolute Gasteiger partial charge is 0.108 e. The highest BCUT2D eigenvalue weighted by Crippen LogP contribution is 2.35. The van der Waals surface area contributed by atoms with Gasteiger partial charge in [0, 0.05) is 25.9 Å². The van der Waals surface area contributed by atoms with Crippen molar-refractivity contribution in [2.24, 2.45) is 30.5 Å². The van der Waals surface area contributed by atoms with Crippen LogP contribution in [-0.4, -0.2) is 16.1 Å². The predicted molar refractivity (Wildman–Crippen MR) is 70.6 cm³/mol. The van der Waals surface area contributed by atoms with Crippen molar-refractivity contribution in [3.05, 3.63) is 18.2 Å². The summed E-state index contributed by atoms with van der Waals surface area (Å²) in [6.45, 7) is 3.23. The summed E-state index contributed by atoms with van der Waals surface area (Å²) in [7, 11) is 2.08. The summed E-state index contributed by atoms with van der Waals surface area (Å²) in [6.07, 6.45) is 10.3. The van der Waals surface area contributed by atoms with Gasteiger partial charge in [0.05, 0.1) is 0 Å². The van der Waals surface area contributed by atoms with Crippen LogP contribution in [0.15, 0.2) is 12.4 Å². The van der Waals surface area contributed by atoms with Gasteiger partial charge in [0.25, 0.3) is 0 Å². The molecule has 0 amide bonds. The quantitative estimate of drug-likeness (QED) is 0.870. The lowest BCUT2D eigenvalue weighted by atomic mass is 9.73. The van der Waals surface area contributed by atoms with E-state index < -0.39 is 0 Å². The Morgan fingerprint density at radius 2 is 2.24 bits per heavy atom. The highest BCUT2D eigenvalue weighted by molar-refractivity contribution is 4.92. The van der Waals surface area contributed by atoms with E-state index in [1.165, 1.54) is 31.5 Å². The summed E-state index contributed by atoms with van der Waals surface area (Å²) < 4.78 is 2.13. The molecule has 2 N–H and O–H groups in total. The molecule has 17 heavy (non-hydrogen) atoms. The molecule has 1 fully saturated rings. The summed E-state index contributed by atoms with van der Waals surface area (Å²) in [4.78, 5) is 4.40. The van der Waals surface area contributed by atoms with Crippen LogP contribution < -0.4 is 5.73 Å². The molecule has 3 unspecified atom stereocenters. The lowest BCUT2D eigenvalue weighted by molar-refractivity contribution is 0.183. The Bertz CT molecular complexity index is 345. The number of rotatable bonds is 4. The third kappa shape index (κ3) is 3.09. The SMILES string of the molecule is CC1CCC(CN)C(CCc2nccn2C)C1. The van der Waals surface area contributed by atoms with Gasteiger partial charge in [-0.05, 0) is 43.6 Å². The maximum atomic E-state index is 5.90. The second-order valence-corrected chi connectivity index (χ2v) is 5.67. The van der Waals surface area contributed by atoms with E-state index >= 15 is 0 Å². The van der Waals surface area contributed by atoms with Gasteiger partial charge in [0.2, 0.25) is 0 Å². The Balaban J connectivity index is 1.90. The maximum absolute atomic E-state index is 5.90. The molecule has 1 aromatic rings. The van der Waals surface area contributed by atoms with Crippen LogP contribution in [0.3, 0.4) is 0 Å². The molecule has 3 heteroatoms. The largest absolute Gasteiger partial charge is 0.338 e. The van der Waals surface area contributed by atoms with Crippen LogP contribution in [0.1, 0.15) is 38.4 Å². The molecule has 0 aliphatic heterocycles. The summed E-state index contributed by atoms with van der Waals surface area (Å²) in [6, 6.07) is 0. The molecule has 1 aliphatic carbocycles. The lowest BCUT2D eigenvalue weighted by Gasteiger charge is -2.34. The van der Waals surface area contributed by atoms with Crippen molar-refractivity contribution in [1.82, 2.24) is 9.55 Å². The number of nitrogens with two attached hydrogens (primary N) is 1. The molecule has 0 bridgehead atoms. The Labute approximate surface area is 104 Å². The average Bonchev–Trinajstić information content (AvgIpc) is 2.72. The Morgan fingerprint density at radius 1 is 1.41 bits per heavy atom. The van der Waals surface area contributed by atoms with E-state index in [9.17, 15) is 0 Å². The van der Waals surface area contributed by atoms with Crippen molar-refractivity contribution in [2.45, 2.75) is 39.0 Å². The van der Waals surface area contributed by atoms with E-state index in [4.69, 9.17) is 5.73 Å². The van der Waals surface area contributed by atoms with E-state index in [1.54, 1.807) is 0 Å². The topological polar surface area (TPSA) is 43.8 Å². The van der Waals surface area contributed by atoms with E-state index in [2.05, 4.69) is 23.5 Å². The molecule has 0 spiro atoms. The number of aryl methyl sites for hydroxylation is 2. The summed E-state index contributed by atoms with van der Waals surface area (Å²) >= 11 is 0. The average molecular weight is 235 g/mol.